The summed E-state index contributed by atoms with van der Waals surface area (Å²) in [5.74, 6) is 0.632. The van der Waals surface area contributed by atoms with Gasteiger partial charge in [0.25, 0.3) is 0 Å². The van der Waals surface area contributed by atoms with E-state index in [1.165, 1.54) is 6.33 Å². The van der Waals surface area contributed by atoms with Crippen molar-refractivity contribution < 1.29 is 19.7 Å². The summed E-state index contributed by atoms with van der Waals surface area (Å²) in [5, 5.41) is 22.9. The largest absolute Gasteiger partial charge is 0.388 e. The minimum atomic E-state index is -1.01. The molecule has 118 valence electrons. The maximum Gasteiger partial charge on any atom is 0.167 e. The van der Waals surface area contributed by atoms with Gasteiger partial charge < -0.3 is 25.0 Å². The standard InChI is InChI=1S/C13H17N5O4/c19-8-4-22-13(10(8)20)18-6-16-9-11(14-5-15-12(9)18)17-7-1-2-21-3-7/h5-8,10,13,19-20H,1-4H2,(H,14,15,17). The van der Waals surface area contributed by atoms with Gasteiger partial charge in [0, 0.05) is 6.61 Å². The Balaban J connectivity index is 1.67. The summed E-state index contributed by atoms with van der Waals surface area (Å²) in [6, 6.07) is 0.207. The summed E-state index contributed by atoms with van der Waals surface area (Å²) in [6.07, 6.45) is 1.29. The van der Waals surface area contributed by atoms with Crippen LogP contribution in [0.1, 0.15) is 12.6 Å². The van der Waals surface area contributed by atoms with Gasteiger partial charge in [-0.25, -0.2) is 15.0 Å². The summed E-state index contributed by atoms with van der Waals surface area (Å²) in [6.45, 7) is 1.46. The highest BCUT2D eigenvalue weighted by Crippen LogP contribution is 2.28. The molecule has 2 fully saturated rings. The molecular formula is C13H17N5O4. The van der Waals surface area contributed by atoms with Gasteiger partial charge >= 0.3 is 0 Å². The molecule has 2 aromatic rings. The number of hydrogen-bond acceptors (Lipinski definition) is 8. The van der Waals surface area contributed by atoms with Crippen LogP contribution in [-0.2, 0) is 9.47 Å². The maximum absolute atomic E-state index is 9.99. The van der Waals surface area contributed by atoms with E-state index in [0.29, 0.717) is 23.6 Å². The average molecular weight is 307 g/mol. The number of imidazole rings is 1. The van der Waals surface area contributed by atoms with Gasteiger partial charge in [0.15, 0.2) is 23.2 Å². The molecule has 0 saturated carbocycles. The predicted octanol–water partition coefficient (Wildman–Crippen LogP) is -0.722. The monoisotopic (exact) mass is 307 g/mol. The Morgan fingerprint density at radius 2 is 2.14 bits per heavy atom. The van der Waals surface area contributed by atoms with Crippen molar-refractivity contribution in [3.05, 3.63) is 12.7 Å². The molecule has 9 heteroatoms. The Morgan fingerprint density at radius 3 is 2.86 bits per heavy atom. The van der Waals surface area contributed by atoms with Gasteiger partial charge in [-0.1, -0.05) is 0 Å². The van der Waals surface area contributed by atoms with Crippen molar-refractivity contribution in [2.24, 2.45) is 0 Å². The first kappa shape index (κ1) is 13.8. The molecule has 0 spiro atoms. The molecule has 2 saturated heterocycles. The molecule has 22 heavy (non-hydrogen) atoms. The van der Waals surface area contributed by atoms with Crippen molar-refractivity contribution >= 4 is 17.0 Å². The zero-order chi connectivity index (χ0) is 15.1. The molecule has 4 unspecified atom stereocenters. The van der Waals surface area contributed by atoms with Gasteiger partial charge in [0.1, 0.15) is 18.5 Å². The van der Waals surface area contributed by atoms with Crippen LogP contribution in [0, 0.1) is 0 Å². The van der Waals surface area contributed by atoms with Crippen LogP contribution in [0.15, 0.2) is 12.7 Å². The fourth-order valence-electron chi connectivity index (χ4n) is 2.81. The van der Waals surface area contributed by atoms with E-state index in [-0.39, 0.29) is 12.6 Å². The molecule has 0 amide bonds. The zero-order valence-corrected chi connectivity index (χ0v) is 11.8. The van der Waals surface area contributed by atoms with Crippen molar-refractivity contribution in [3.8, 4) is 0 Å². The third-order valence-corrected chi connectivity index (χ3v) is 4.03. The van der Waals surface area contributed by atoms with Gasteiger partial charge in [-0.05, 0) is 6.42 Å². The SMILES string of the molecule is OC1COC(n2cnc3c(NC4CCOC4)ncnc32)C1O. The molecule has 0 aliphatic carbocycles. The Morgan fingerprint density at radius 1 is 1.23 bits per heavy atom. The Hall–Kier alpha value is -1.81. The number of nitrogens with one attached hydrogen (secondary N) is 1. The Labute approximate surface area is 125 Å². The first-order valence-corrected chi connectivity index (χ1v) is 7.23. The van der Waals surface area contributed by atoms with E-state index in [1.807, 2.05) is 0 Å². The number of rotatable bonds is 3. The lowest BCUT2D eigenvalue weighted by molar-refractivity contribution is -0.0162. The van der Waals surface area contributed by atoms with Crippen molar-refractivity contribution in [2.45, 2.75) is 30.9 Å². The van der Waals surface area contributed by atoms with Crippen LogP contribution >= 0.6 is 0 Å². The molecule has 2 aliphatic heterocycles. The Bertz CT molecular complexity index is 671. The number of fused-ring (bicyclic) bond motifs is 1. The van der Waals surface area contributed by atoms with E-state index in [2.05, 4.69) is 20.3 Å². The van der Waals surface area contributed by atoms with Crippen molar-refractivity contribution in [1.82, 2.24) is 19.5 Å². The third kappa shape index (κ3) is 2.22. The van der Waals surface area contributed by atoms with E-state index >= 15 is 0 Å². The molecule has 4 rings (SSSR count). The normalized spacial score (nSPS) is 31.9. The third-order valence-electron chi connectivity index (χ3n) is 4.03. The second-order valence-electron chi connectivity index (χ2n) is 5.53. The van der Waals surface area contributed by atoms with E-state index in [1.54, 1.807) is 10.9 Å². The smallest absolute Gasteiger partial charge is 0.167 e. The molecule has 0 bridgehead atoms. The number of hydrogen-bond donors (Lipinski definition) is 3. The van der Waals surface area contributed by atoms with E-state index in [4.69, 9.17) is 9.47 Å². The average Bonchev–Trinajstić information content (AvgIpc) is 3.23. The highest BCUT2D eigenvalue weighted by atomic mass is 16.5. The number of aromatic nitrogens is 4. The highest BCUT2D eigenvalue weighted by molar-refractivity contribution is 5.82. The number of nitrogens with zero attached hydrogens (tertiary/aromatic N) is 4. The minimum Gasteiger partial charge on any atom is -0.388 e. The second-order valence-corrected chi connectivity index (χ2v) is 5.53. The van der Waals surface area contributed by atoms with Gasteiger partial charge in [-0.15, -0.1) is 0 Å². The number of ether oxygens (including phenoxy) is 2. The molecule has 4 atom stereocenters. The lowest BCUT2D eigenvalue weighted by Crippen LogP contribution is -2.28. The summed E-state index contributed by atoms with van der Waals surface area (Å²) in [7, 11) is 0. The van der Waals surface area contributed by atoms with Crippen LogP contribution in [-0.4, -0.2) is 67.8 Å². The maximum atomic E-state index is 9.99. The zero-order valence-electron chi connectivity index (χ0n) is 11.8. The van der Waals surface area contributed by atoms with Crippen LogP contribution in [0.2, 0.25) is 0 Å². The molecule has 9 nitrogen and oxygen atoms in total. The summed E-state index contributed by atoms with van der Waals surface area (Å²) in [5.41, 5.74) is 1.15. The van der Waals surface area contributed by atoms with Crippen LogP contribution < -0.4 is 5.32 Å². The van der Waals surface area contributed by atoms with Crippen molar-refractivity contribution in [3.63, 3.8) is 0 Å². The van der Waals surface area contributed by atoms with Gasteiger partial charge in [-0.3, -0.25) is 4.57 Å². The summed E-state index contributed by atoms with van der Waals surface area (Å²) in [4.78, 5) is 12.8. The van der Waals surface area contributed by atoms with Crippen LogP contribution in [0.3, 0.4) is 0 Å². The Kier molecular flexibility index (Phi) is 3.41. The van der Waals surface area contributed by atoms with E-state index < -0.39 is 18.4 Å². The summed E-state index contributed by atoms with van der Waals surface area (Å²) >= 11 is 0. The number of anilines is 1. The lowest BCUT2D eigenvalue weighted by atomic mass is 10.2. The number of aliphatic hydroxyl groups excluding tert-OH is 2. The first-order valence-electron chi connectivity index (χ1n) is 7.23. The molecule has 4 heterocycles. The van der Waals surface area contributed by atoms with Gasteiger partial charge in [0.2, 0.25) is 0 Å². The molecule has 2 aromatic heterocycles. The van der Waals surface area contributed by atoms with Gasteiger partial charge in [0.05, 0.1) is 25.6 Å². The molecule has 0 radical (unpaired) electrons. The van der Waals surface area contributed by atoms with E-state index in [9.17, 15) is 10.2 Å². The molecule has 2 aliphatic rings. The quantitative estimate of drug-likeness (QED) is 0.680. The molecule has 0 aromatic carbocycles. The predicted molar refractivity (Wildman–Crippen MR) is 75.2 cm³/mol. The fourth-order valence-corrected chi connectivity index (χ4v) is 2.81. The van der Waals surface area contributed by atoms with Crippen LogP contribution in [0.5, 0.6) is 0 Å². The lowest BCUT2D eigenvalue weighted by Gasteiger charge is -2.16. The van der Waals surface area contributed by atoms with Crippen molar-refractivity contribution in [1.29, 1.82) is 0 Å². The van der Waals surface area contributed by atoms with Crippen molar-refractivity contribution in [2.75, 3.05) is 25.1 Å². The van der Waals surface area contributed by atoms with Crippen LogP contribution in [0.4, 0.5) is 5.82 Å². The number of aliphatic hydroxyl groups is 2. The highest BCUT2D eigenvalue weighted by Gasteiger charge is 2.37. The second kappa shape index (κ2) is 5.43. The summed E-state index contributed by atoms with van der Waals surface area (Å²) < 4.78 is 12.4. The van der Waals surface area contributed by atoms with Gasteiger partial charge in [-0.2, -0.15) is 0 Å². The first-order chi connectivity index (χ1) is 10.7. The van der Waals surface area contributed by atoms with E-state index in [0.717, 1.165) is 13.0 Å². The van der Waals surface area contributed by atoms with Crippen LogP contribution in [0.25, 0.3) is 11.2 Å². The fraction of sp³-hybridized carbons (Fsp3) is 0.615. The minimum absolute atomic E-state index is 0.0844. The molecule has 3 N–H and O–H groups in total. The topological polar surface area (TPSA) is 115 Å². The molecular weight excluding hydrogens is 290 g/mol.